The SMILES string of the molecule is COc1ccccc1[C@@H]1SCC(=O)N(CC(=O)NC[C@@H]2CCCO2)c2c1c(-c1ccc(Cl)cc1)nn2-c1ccc(C)cc1. The molecule has 1 fully saturated rings. The Bertz CT molecular complexity index is 1620. The Morgan fingerprint density at radius 1 is 1.12 bits per heavy atom. The van der Waals surface area contributed by atoms with Crippen LogP contribution in [0.4, 0.5) is 5.82 Å². The number of amides is 2. The van der Waals surface area contributed by atoms with E-state index in [-0.39, 0.29) is 35.5 Å². The molecule has 0 aliphatic carbocycles. The lowest BCUT2D eigenvalue weighted by molar-refractivity contribution is -0.123. The Morgan fingerprint density at radius 2 is 1.88 bits per heavy atom. The smallest absolute Gasteiger partial charge is 0.240 e. The zero-order valence-electron chi connectivity index (χ0n) is 24.1. The zero-order valence-corrected chi connectivity index (χ0v) is 25.7. The van der Waals surface area contributed by atoms with E-state index in [2.05, 4.69) is 5.32 Å². The molecule has 4 aromatic rings. The van der Waals surface area contributed by atoms with Crippen molar-refractivity contribution in [2.24, 2.45) is 0 Å². The summed E-state index contributed by atoms with van der Waals surface area (Å²) in [6.07, 6.45) is 1.90. The molecule has 2 aliphatic rings. The van der Waals surface area contributed by atoms with Gasteiger partial charge in [0.05, 0.1) is 35.6 Å². The third-order valence-corrected chi connectivity index (χ3v) is 9.25. The number of hydrogen-bond acceptors (Lipinski definition) is 6. The van der Waals surface area contributed by atoms with Crippen molar-refractivity contribution < 1.29 is 19.1 Å². The number of thioether (sulfide) groups is 1. The highest BCUT2D eigenvalue weighted by Gasteiger charge is 2.38. The number of rotatable bonds is 8. The Labute approximate surface area is 260 Å². The predicted molar refractivity (Wildman–Crippen MR) is 170 cm³/mol. The quantitative estimate of drug-likeness (QED) is 0.262. The van der Waals surface area contributed by atoms with E-state index >= 15 is 0 Å². The lowest BCUT2D eigenvalue weighted by Gasteiger charge is -2.24. The van der Waals surface area contributed by atoms with E-state index in [0.717, 1.165) is 40.8 Å². The number of hydrogen-bond donors (Lipinski definition) is 1. The minimum Gasteiger partial charge on any atom is -0.496 e. The van der Waals surface area contributed by atoms with Crippen molar-refractivity contribution in [3.63, 3.8) is 0 Å². The highest BCUT2D eigenvalue weighted by molar-refractivity contribution is 8.00. The minimum absolute atomic E-state index is 0.000536. The number of anilines is 1. The average Bonchev–Trinajstić information content (AvgIpc) is 3.66. The van der Waals surface area contributed by atoms with Crippen LogP contribution in [0.5, 0.6) is 5.75 Å². The van der Waals surface area contributed by atoms with Crippen molar-refractivity contribution in [1.29, 1.82) is 0 Å². The first kappa shape index (κ1) is 29.3. The number of nitrogens with one attached hydrogen (secondary N) is 1. The van der Waals surface area contributed by atoms with Crippen molar-refractivity contribution in [3.05, 3.63) is 94.5 Å². The van der Waals surface area contributed by atoms with Crippen LogP contribution in [-0.2, 0) is 14.3 Å². The van der Waals surface area contributed by atoms with E-state index in [0.29, 0.717) is 35.4 Å². The summed E-state index contributed by atoms with van der Waals surface area (Å²) in [6, 6.07) is 23.3. The van der Waals surface area contributed by atoms with E-state index in [4.69, 9.17) is 26.2 Å². The molecule has 0 spiro atoms. The number of ether oxygens (including phenoxy) is 2. The van der Waals surface area contributed by atoms with Gasteiger partial charge < -0.3 is 14.8 Å². The second-order valence-electron chi connectivity index (χ2n) is 10.7. The molecule has 2 atom stereocenters. The number of fused-ring (bicyclic) bond motifs is 1. The Morgan fingerprint density at radius 3 is 2.60 bits per heavy atom. The third-order valence-electron chi connectivity index (χ3n) is 7.76. The summed E-state index contributed by atoms with van der Waals surface area (Å²) in [5.41, 5.74) is 5.19. The summed E-state index contributed by atoms with van der Waals surface area (Å²) in [6.45, 7) is 3.00. The number of carbonyl (C=O) groups excluding carboxylic acids is 2. The standard InChI is InChI=1S/C33H33ClN4O4S/c1-21-9-15-24(16-10-21)38-33-30(31(36-38)22-11-13-23(34)14-12-22)32(26-7-3-4-8-27(26)41-2)43-20-29(40)37(33)19-28(39)35-18-25-6-5-17-42-25/h3-4,7-16,25,32H,5-6,17-20H2,1-2H3,(H,35,39)/t25-,32-/m0/s1. The van der Waals surface area contributed by atoms with Gasteiger partial charge in [-0.3, -0.25) is 14.5 Å². The lowest BCUT2D eigenvalue weighted by Crippen LogP contribution is -2.44. The number of carbonyl (C=O) groups is 2. The molecule has 222 valence electrons. The summed E-state index contributed by atoms with van der Waals surface area (Å²) in [5, 5.41) is 8.44. The highest BCUT2D eigenvalue weighted by Crippen LogP contribution is 2.50. The van der Waals surface area contributed by atoms with E-state index in [1.54, 1.807) is 16.7 Å². The van der Waals surface area contributed by atoms with Gasteiger partial charge >= 0.3 is 0 Å². The largest absolute Gasteiger partial charge is 0.496 e. The number of nitrogens with zero attached hydrogens (tertiary/aromatic N) is 3. The normalized spacial score (nSPS) is 18.3. The van der Waals surface area contributed by atoms with Crippen LogP contribution in [-0.4, -0.2) is 60.3 Å². The molecule has 3 aromatic carbocycles. The van der Waals surface area contributed by atoms with Crippen LogP contribution in [0.15, 0.2) is 72.8 Å². The maximum atomic E-state index is 13.9. The second-order valence-corrected chi connectivity index (χ2v) is 12.2. The van der Waals surface area contributed by atoms with E-state index in [1.165, 1.54) is 11.8 Å². The number of benzene rings is 3. The first-order chi connectivity index (χ1) is 20.9. The summed E-state index contributed by atoms with van der Waals surface area (Å²) in [4.78, 5) is 28.9. The molecule has 43 heavy (non-hydrogen) atoms. The molecular weight excluding hydrogens is 584 g/mol. The summed E-state index contributed by atoms with van der Waals surface area (Å²) >= 11 is 7.78. The summed E-state index contributed by atoms with van der Waals surface area (Å²) < 4.78 is 13.3. The number of methoxy groups -OCH3 is 1. The van der Waals surface area contributed by atoms with E-state index < -0.39 is 0 Å². The molecule has 1 saturated heterocycles. The lowest BCUT2D eigenvalue weighted by atomic mass is 9.99. The molecule has 3 heterocycles. The van der Waals surface area contributed by atoms with Gasteiger partial charge in [-0.2, -0.15) is 5.10 Å². The highest BCUT2D eigenvalue weighted by atomic mass is 35.5. The van der Waals surface area contributed by atoms with Gasteiger partial charge in [-0.1, -0.05) is 59.6 Å². The second kappa shape index (κ2) is 12.8. The average molecular weight is 617 g/mol. The Hall–Kier alpha value is -3.79. The topological polar surface area (TPSA) is 85.7 Å². The number of halogens is 1. The van der Waals surface area contributed by atoms with Crippen LogP contribution in [0.2, 0.25) is 5.02 Å². The van der Waals surface area contributed by atoms with Crippen molar-refractivity contribution in [2.75, 3.05) is 37.5 Å². The maximum absolute atomic E-state index is 13.9. The van der Waals surface area contributed by atoms with Crippen LogP contribution >= 0.6 is 23.4 Å². The van der Waals surface area contributed by atoms with Gasteiger partial charge in [0.2, 0.25) is 11.8 Å². The van der Waals surface area contributed by atoms with Crippen LogP contribution in [0.3, 0.4) is 0 Å². The molecule has 1 N–H and O–H groups in total. The molecular formula is C33H33ClN4O4S. The van der Waals surface area contributed by atoms with Crippen molar-refractivity contribution in [2.45, 2.75) is 31.1 Å². The molecule has 1 aromatic heterocycles. The fourth-order valence-corrected chi connectivity index (χ4v) is 6.92. The van der Waals surface area contributed by atoms with Crippen molar-refractivity contribution >= 4 is 41.0 Å². The number of para-hydroxylation sites is 1. The van der Waals surface area contributed by atoms with Gasteiger partial charge in [0.25, 0.3) is 0 Å². The fourth-order valence-electron chi connectivity index (χ4n) is 5.57. The molecule has 10 heteroatoms. The van der Waals surface area contributed by atoms with Crippen LogP contribution in [0, 0.1) is 6.92 Å². The predicted octanol–water partition coefficient (Wildman–Crippen LogP) is 5.97. The monoisotopic (exact) mass is 616 g/mol. The van der Waals surface area contributed by atoms with Crippen molar-refractivity contribution in [1.82, 2.24) is 15.1 Å². The summed E-state index contributed by atoms with van der Waals surface area (Å²) in [5.74, 6) is 1.02. The fraction of sp³-hybridized carbons (Fsp3) is 0.303. The van der Waals surface area contributed by atoms with E-state index in [9.17, 15) is 9.59 Å². The first-order valence-electron chi connectivity index (χ1n) is 14.3. The van der Waals surface area contributed by atoms with Gasteiger partial charge in [-0.15, -0.1) is 11.8 Å². The minimum atomic E-state index is -0.306. The molecule has 0 saturated carbocycles. The van der Waals surface area contributed by atoms with Crippen molar-refractivity contribution in [3.8, 4) is 22.7 Å². The number of aryl methyl sites for hydroxylation is 1. The Kier molecular flexibility index (Phi) is 8.74. The van der Waals surface area contributed by atoms with Crippen LogP contribution < -0.4 is 15.0 Å². The third kappa shape index (κ3) is 6.16. The molecule has 2 amide bonds. The van der Waals surface area contributed by atoms with E-state index in [1.807, 2.05) is 79.7 Å². The number of aromatic nitrogens is 2. The van der Waals surface area contributed by atoms with Gasteiger partial charge in [0, 0.05) is 34.9 Å². The van der Waals surface area contributed by atoms with Crippen LogP contribution in [0.25, 0.3) is 16.9 Å². The molecule has 6 rings (SSSR count). The van der Waals surface area contributed by atoms with Crippen LogP contribution in [0.1, 0.15) is 34.8 Å². The zero-order chi connectivity index (χ0) is 29.9. The Balaban J connectivity index is 1.54. The van der Waals surface area contributed by atoms with Gasteiger partial charge in [0.1, 0.15) is 18.1 Å². The summed E-state index contributed by atoms with van der Waals surface area (Å²) in [7, 11) is 1.65. The van der Waals surface area contributed by atoms with Gasteiger partial charge in [0.15, 0.2) is 0 Å². The first-order valence-corrected chi connectivity index (χ1v) is 15.7. The molecule has 2 aliphatic heterocycles. The van der Waals surface area contributed by atoms with Gasteiger partial charge in [-0.25, -0.2) is 4.68 Å². The molecule has 0 unspecified atom stereocenters. The molecule has 0 bridgehead atoms. The maximum Gasteiger partial charge on any atom is 0.240 e. The molecule has 8 nitrogen and oxygen atoms in total. The molecule has 0 radical (unpaired) electrons. The van der Waals surface area contributed by atoms with Gasteiger partial charge in [-0.05, 0) is 50.1 Å².